The van der Waals surface area contributed by atoms with E-state index in [0.717, 1.165) is 28.5 Å². The average Bonchev–Trinajstić information content (AvgIpc) is 3.59. The number of hydrogen-bond acceptors (Lipinski definition) is 4. The van der Waals surface area contributed by atoms with Gasteiger partial charge in [-0.25, -0.2) is 4.72 Å². The van der Waals surface area contributed by atoms with Crippen molar-refractivity contribution in [2.75, 3.05) is 21.2 Å². The lowest BCUT2D eigenvalue weighted by molar-refractivity contribution is 0.0980. The quantitative estimate of drug-likeness (QED) is 0.526. The Labute approximate surface area is 212 Å². The number of benzene rings is 2. The van der Waals surface area contributed by atoms with Crippen molar-refractivity contribution in [3.63, 3.8) is 0 Å². The van der Waals surface area contributed by atoms with Crippen molar-refractivity contribution < 1.29 is 17.9 Å². The van der Waals surface area contributed by atoms with Crippen molar-refractivity contribution in [3.05, 3.63) is 53.1 Å². The summed E-state index contributed by atoms with van der Waals surface area (Å²) in [5.41, 5.74) is 6.70. The zero-order valence-electron chi connectivity index (χ0n) is 21.1. The van der Waals surface area contributed by atoms with E-state index in [4.69, 9.17) is 4.74 Å². The maximum absolute atomic E-state index is 13.0. The largest absolute Gasteiger partial charge is 0.497 e. The number of ether oxygens (including phenoxy) is 1. The highest BCUT2D eigenvalue weighted by Gasteiger charge is 2.44. The van der Waals surface area contributed by atoms with Crippen LogP contribution in [0.1, 0.15) is 71.8 Å². The van der Waals surface area contributed by atoms with Crippen LogP contribution in [0.15, 0.2) is 36.4 Å². The van der Waals surface area contributed by atoms with Gasteiger partial charge >= 0.3 is 10.2 Å². The third-order valence-corrected chi connectivity index (χ3v) is 9.74. The SMILES string of the molecule is COc1ccc2c(c1)[C@@H]1C[C@@H]1Cn1c-2c(C2CCCCC2)c2ccc(C(=O)NS(=O)(=O)N(C)C)cc21. The van der Waals surface area contributed by atoms with Crippen molar-refractivity contribution in [2.24, 2.45) is 5.92 Å². The van der Waals surface area contributed by atoms with Gasteiger partial charge in [-0.3, -0.25) is 4.79 Å². The second-order valence-electron chi connectivity index (χ2n) is 10.7. The number of hydrogen-bond donors (Lipinski definition) is 1. The molecule has 2 saturated carbocycles. The number of aromatic nitrogens is 1. The van der Waals surface area contributed by atoms with E-state index in [1.54, 1.807) is 13.2 Å². The lowest BCUT2D eigenvalue weighted by Gasteiger charge is -2.24. The summed E-state index contributed by atoms with van der Waals surface area (Å²) in [6.45, 7) is 0.904. The smallest absolute Gasteiger partial charge is 0.303 e. The molecule has 1 aliphatic heterocycles. The Balaban J connectivity index is 1.55. The minimum Gasteiger partial charge on any atom is -0.497 e. The summed E-state index contributed by atoms with van der Waals surface area (Å²) in [4.78, 5) is 13.0. The van der Waals surface area contributed by atoms with Gasteiger partial charge in [0.1, 0.15) is 5.75 Å². The molecule has 36 heavy (non-hydrogen) atoms. The molecule has 2 aromatic carbocycles. The Morgan fingerprint density at radius 2 is 1.86 bits per heavy atom. The highest BCUT2D eigenvalue weighted by atomic mass is 32.2. The topological polar surface area (TPSA) is 80.6 Å². The van der Waals surface area contributed by atoms with Crippen molar-refractivity contribution >= 4 is 27.0 Å². The van der Waals surface area contributed by atoms with Crippen molar-refractivity contribution in [1.29, 1.82) is 0 Å². The summed E-state index contributed by atoms with van der Waals surface area (Å²) >= 11 is 0. The number of carbonyl (C=O) groups is 1. The minimum absolute atomic E-state index is 0.356. The maximum atomic E-state index is 13.0. The van der Waals surface area contributed by atoms with Gasteiger partial charge in [0.05, 0.1) is 12.8 Å². The number of nitrogens with zero attached hydrogens (tertiary/aromatic N) is 2. The molecule has 0 radical (unpaired) electrons. The molecule has 3 aliphatic rings. The lowest BCUT2D eigenvalue weighted by Crippen LogP contribution is -2.39. The highest BCUT2D eigenvalue weighted by Crippen LogP contribution is 2.57. The summed E-state index contributed by atoms with van der Waals surface area (Å²) in [6.07, 6.45) is 7.26. The minimum atomic E-state index is -3.87. The fraction of sp³-hybridized carbons (Fsp3) is 0.464. The van der Waals surface area contributed by atoms with Crippen LogP contribution in [0.5, 0.6) is 5.75 Å². The Morgan fingerprint density at radius 1 is 1.08 bits per heavy atom. The van der Waals surface area contributed by atoms with E-state index in [1.807, 2.05) is 12.1 Å². The van der Waals surface area contributed by atoms with E-state index >= 15 is 0 Å². The van der Waals surface area contributed by atoms with Crippen LogP contribution in [0.25, 0.3) is 22.2 Å². The van der Waals surface area contributed by atoms with Crippen LogP contribution in [-0.2, 0) is 16.8 Å². The molecule has 2 heterocycles. The van der Waals surface area contributed by atoms with Crippen molar-refractivity contribution in [2.45, 2.75) is 56.9 Å². The molecule has 1 N–H and O–H groups in total. The fourth-order valence-corrected chi connectivity index (χ4v) is 6.86. The lowest BCUT2D eigenvalue weighted by atomic mass is 9.81. The summed E-state index contributed by atoms with van der Waals surface area (Å²) in [7, 11) is 0.658. The van der Waals surface area contributed by atoms with Gasteiger partial charge in [0, 0.05) is 42.7 Å². The summed E-state index contributed by atoms with van der Waals surface area (Å²) < 4.78 is 35.7. The second-order valence-corrected chi connectivity index (χ2v) is 12.6. The number of fused-ring (bicyclic) bond motifs is 7. The van der Waals surface area contributed by atoms with Crippen LogP contribution in [0, 0.1) is 5.92 Å². The van der Waals surface area contributed by atoms with E-state index in [-0.39, 0.29) is 0 Å². The van der Waals surface area contributed by atoms with Gasteiger partial charge < -0.3 is 9.30 Å². The monoisotopic (exact) mass is 507 g/mol. The molecule has 3 aromatic rings. The van der Waals surface area contributed by atoms with E-state index in [1.165, 1.54) is 74.0 Å². The standard InChI is InChI=1S/C28H33N3O4S/c1-30(2)36(33,34)29-28(32)18-9-11-22-25(14-18)31-16-19-13-23(19)24-15-20(35-3)10-12-21(24)27(31)26(22)17-7-5-4-6-8-17/h9-12,14-15,17,19,23H,4-8,13,16H2,1-3H3,(H,29,32)/t19-,23-/m1/s1. The van der Waals surface area contributed by atoms with Gasteiger partial charge in [-0.15, -0.1) is 0 Å². The summed E-state index contributed by atoms with van der Waals surface area (Å²) in [5.74, 6) is 1.85. The summed E-state index contributed by atoms with van der Waals surface area (Å²) in [6, 6.07) is 12.2. The number of rotatable bonds is 5. The summed E-state index contributed by atoms with van der Waals surface area (Å²) in [5, 5.41) is 1.18. The van der Waals surface area contributed by atoms with E-state index in [0.29, 0.717) is 23.3 Å². The first-order chi connectivity index (χ1) is 17.3. The number of carbonyl (C=O) groups excluding carboxylic acids is 1. The first-order valence-corrected chi connectivity index (χ1v) is 14.3. The molecule has 7 nitrogen and oxygen atoms in total. The molecular formula is C28H33N3O4S. The Hall–Kier alpha value is -2.84. The average molecular weight is 508 g/mol. The second kappa shape index (κ2) is 8.63. The van der Waals surface area contributed by atoms with E-state index < -0.39 is 16.1 Å². The molecule has 190 valence electrons. The van der Waals surface area contributed by atoms with Crippen LogP contribution in [-0.4, -0.2) is 44.4 Å². The predicted molar refractivity (Wildman–Crippen MR) is 141 cm³/mol. The molecule has 6 rings (SSSR count). The van der Waals surface area contributed by atoms with Crippen LogP contribution in [0.3, 0.4) is 0 Å². The maximum Gasteiger partial charge on any atom is 0.303 e. The van der Waals surface area contributed by atoms with Gasteiger partial charge in [0.15, 0.2) is 0 Å². The molecule has 2 aliphatic carbocycles. The number of nitrogens with one attached hydrogen (secondary N) is 1. The van der Waals surface area contributed by atoms with Crippen molar-refractivity contribution in [3.8, 4) is 17.0 Å². The molecule has 0 bridgehead atoms. The van der Waals surface area contributed by atoms with E-state index in [9.17, 15) is 13.2 Å². The molecule has 0 saturated heterocycles. The van der Waals surface area contributed by atoms with E-state index in [2.05, 4.69) is 27.5 Å². The zero-order chi connectivity index (χ0) is 25.2. The highest BCUT2D eigenvalue weighted by molar-refractivity contribution is 7.87. The van der Waals surface area contributed by atoms with Crippen LogP contribution in [0.4, 0.5) is 0 Å². The Kier molecular flexibility index (Phi) is 5.64. The molecular weight excluding hydrogens is 474 g/mol. The van der Waals surface area contributed by atoms with Crippen molar-refractivity contribution in [1.82, 2.24) is 13.6 Å². The molecule has 0 spiro atoms. The number of methoxy groups -OCH3 is 1. The number of amides is 1. The normalized spacial score (nSPS) is 21.4. The Morgan fingerprint density at radius 3 is 2.58 bits per heavy atom. The Bertz CT molecular complexity index is 1470. The molecule has 2 fully saturated rings. The zero-order valence-corrected chi connectivity index (χ0v) is 21.9. The molecule has 8 heteroatoms. The molecule has 2 atom stereocenters. The van der Waals surface area contributed by atoms with Crippen LogP contribution < -0.4 is 9.46 Å². The molecule has 0 unspecified atom stereocenters. The van der Waals surface area contributed by atoms with Gasteiger partial charge in [0.2, 0.25) is 0 Å². The van der Waals surface area contributed by atoms with Gasteiger partial charge in [-0.05, 0) is 78.5 Å². The molecule has 1 amide bonds. The van der Waals surface area contributed by atoms with Gasteiger partial charge in [-0.1, -0.05) is 25.3 Å². The third kappa shape index (κ3) is 3.82. The third-order valence-electron chi connectivity index (χ3n) is 8.33. The first-order valence-electron chi connectivity index (χ1n) is 12.9. The fourth-order valence-electron chi connectivity index (χ4n) is 6.32. The first kappa shape index (κ1) is 23.6. The van der Waals surface area contributed by atoms with Crippen LogP contribution in [0.2, 0.25) is 0 Å². The van der Waals surface area contributed by atoms with Gasteiger partial charge in [0.25, 0.3) is 5.91 Å². The predicted octanol–water partition coefficient (Wildman–Crippen LogP) is 5.02. The van der Waals surface area contributed by atoms with Crippen LogP contribution >= 0.6 is 0 Å². The molecule has 1 aromatic heterocycles. The van der Waals surface area contributed by atoms with Gasteiger partial charge in [-0.2, -0.15) is 12.7 Å².